The molecular formula is C12H15BClN3O3. The molecule has 0 fully saturated rings. The van der Waals surface area contributed by atoms with Gasteiger partial charge in [0.25, 0.3) is 0 Å². The molecule has 0 aromatic carbocycles. The Hall–Kier alpha value is -1.76. The van der Waals surface area contributed by atoms with Crippen LogP contribution in [0.5, 0.6) is 0 Å². The van der Waals surface area contributed by atoms with E-state index in [2.05, 4.69) is 10.1 Å². The molecule has 1 unspecified atom stereocenters. The molecule has 0 saturated carbocycles. The number of nitrogens with two attached hydrogens (primary N) is 1. The predicted octanol–water partition coefficient (Wildman–Crippen LogP) is 1.29. The molecule has 1 aromatic heterocycles. The molecule has 1 aliphatic heterocycles. The summed E-state index contributed by atoms with van der Waals surface area (Å²) in [5.41, 5.74) is 7.46. The van der Waals surface area contributed by atoms with Crippen LogP contribution in [0.15, 0.2) is 11.2 Å². The average Bonchev–Trinajstić information content (AvgIpc) is 2.78. The van der Waals surface area contributed by atoms with Crippen molar-refractivity contribution in [2.75, 3.05) is 5.73 Å². The van der Waals surface area contributed by atoms with Gasteiger partial charge in [-0.2, -0.15) is 0 Å². The van der Waals surface area contributed by atoms with E-state index in [4.69, 9.17) is 26.9 Å². The van der Waals surface area contributed by atoms with Crippen LogP contribution in [0.1, 0.15) is 42.6 Å². The third kappa shape index (κ3) is 3.04. The number of nitrogens with zero attached hydrogens (tertiary/aromatic N) is 2. The van der Waals surface area contributed by atoms with Crippen molar-refractivity contribution in [2.45, 2.75) is 32.5 Å². The number of rotatable bonds is 3. The summed E-state index contributed by atoms with van der Waals surface area (Å²) in [4.78, 5) is 21.4. The zero-order chi connectivity index (χ0) is 14.9. The summed E-state index contributed by atoms with van der Waals surface area (Å²) in [6, 6.07) is 1.59. The first-order valence-electron chi connectivity index (χ1n) is 6.24. The molecular weight excluding hydrogens is 280 g/mol. The minimum Gasteiger partial charge on any atom is -0.458 e. The fourth-order valence-corrected chi connectivity index (χ4v) is 1.97. The van der Waals surface area contributed by atoms with Crippen molar-refractivity contribution < 1.29 is 14.4 Å². The smallest absolute Gasteiger partial charge is 0.358 e. The highest BCUT2D eigenvalue weighted by molar-refractivity contribution is 6.59. The number of ether oxygens (including phenoxy) is 1. The van der Waals surface area contributed by atoms with Crippen LogP contribution in [-0.2, 0) is 9.57 Å². The van der Waals surface area contributed by atoms with Gasteiger partial charge in [0.15, 0.2) is 19.6 Å². The van der Waals surface area contributed by atoms with Crippen molar-refractivity contribution in [3.8, 4) is 0 Å². The van der Waals surface area contributed by atoms with Crippen LogP contribution in [0, 0.1) is 0 Å². The third-order valence-electron chi connectivity index (χ3n) is 2.69. The van der Waals surface area contributed by atoms with Crippen LogP contribution in [-0.4, -0.2) is 30.5 Å². The van der Waals surface area contributed by atoms with Crippen LogP contribution in [0.4, 0.5) is 5.69 Å². The molecule has 20 heavy (non-hydrogen) atoms. The Morgan fingerprint density at radius 3 is 2.90 bits per heavy atom. The van der Waals surface area contributed by atoms with E-state index >= 15 is 0 Å². The summed E-state index contributed by atoms with van der Waals surface area (Å²) in [7, 11) is 1.85. The molecule has 2 heterocycles. The van der Waals surface area contributed by atoms with Gasteiger partial charge in [-0.3, -0.25) is 0 Å². The predicted molar refractivity (Wildman–Crippen MR) is 78.6 cm³/mol. The minimum absolute atomic E-state index is 0.00326. The lowest BCUT2D eigenvalue weighted by Crippen LogP contribution is -2.16. The van der Waals surface area contributed by atoms with Crippen LogP contribution < -0.4 is 5.73 Å². The summed E-state index contributed by atoms with van der Waals surface area (Å²) in [6.07, 6.45) is -0.00838. The Balaban J connectivity index is 2.32. The number of pyridine rings is 1. The number of esters is 1. The van der Waals surface area contributed by atoms with Crippen LogP contribution in [0.3, 0.4) is 0 Å². The van der Waals surface area contributed by atoms with Gasteiger partial charge < -0.3 is 15.3 Å². The lowest BCUT2D eigenvalue weighted by Gasteiger charge is -2.13. The summed E-state index contributed by atoms with van der Waals surface area (Å²) in [6.45, 7) is 3.49. The van der Waals surface area contributed by atoms with Crippen LogP contribution in [0.2, 0.25) is 5.02 Å². The number of hydrogen-bond acceptors (Lipinski definition) is 6. The molecule has 6 nitrogen and oxygen atoms in total. The molecule has 1 atom stereocenters. The highest BCUT2D eigenvalue weighted by atomic mass is 35.5. The first kappa shape index (κ1) is 14.6. The van der Waals surface area contributed by atoms with Crippen molar-refractivity contribution >= 4 is 36.7 Å². The van der Waals surface area contributed by atoms with Crippen molar-refractivity contribution in [3.63, 3.8) is 0 Å². The zero-order valence-corrected chi connectivity index (χ0v) is 12.3. The van der Waals surface area contributed by atoms with Crippen LogP contribution >= 0.6 is 11.6 Å². The van der Waals surface area contributed by atoms with Crippen molar-refractivity contribution in [3.05, 3.63) is 22.5 Å². The molecule has 0 bridgehead atoms. The quantitative estimate of drug-likeness (QED) is 0.670. The largest absolute Gasteiger partial charge is 0.458 e. The molecule has 0 radical (unpaired) electrons. The zero-order valence-electron chi connectivity index (χ0n) is 11.5. The third-order valence-corrected chi connectivity index (χ3v) is 3.09. The van der Waals surface area contributed by atoms with E-state index in [1.165, 1.54) is 0 Å². The Morgan fingerprint density at radius 1 is 1.65 bits per heavy atom. The number of anilines is 1. The number of halogens is 1. The van der Waals surface area contributed by atoms with Gasteiger partial charge in [0.05, 0.1) is 22.5 Å². The maximum Gasteiger partial charge on any atom is 0.358 e. The first-order valence-corrected chi connectivity index (χ1v) is 6.62. The van der Waals surface area contributed by atoms with E-state index in [9.17, 15) is 4.79 Å². The van der Waals surface area contributed by atoms with E-state index in [1.807, 2.05) is 7.85 Å². The lowest BCUT2D eigenvalue weighted by atomic mass is 9.95. The summed E-state index contributed by atoms with van der Waals surface area (Å²) < 4.78 is 5.10. The van der Waals surface area contributed by atoms with Crippen molar-refractivity contribution in [1.29, 1.82) is 0 Å². The van der Waals surface area contributed by atoms with Gasteiger partial charge in [-0.05, 0) is 19.9 Å². The topological polar surface area (TPSA) is 86.8 Å². The van der Waals surface area contributed by atoms with Gasteiger partial charge in [-0.1, -0.05) is 11.6 Å². The van der Waals surface area contributed by atoms with Gasteiger partial charge in [-0.15, -0.1) is 5.16 Å². The lowest BCUT2D eigenvalue weighted by molar-refractivity contribution is 0.0368. The van der Waals surface area contributed by atoms with Crippen molar-refractivity contribution in [2.24, 2.45) is 5.16 Å². The SMILES string of the molecule is BC1=NOC(c2cc(N)c(Cl)c(C(=O)OC(C)C)n2)C1. The summed E-state index contributed by atoms with van der Waals surface area (Å²) in [5.74, 6) is -0.603. The number of carbonyl (C=O) groups is 1. The number of aromatic nitrogens is 1. The Bertz CT molecular complexity index is 577. The average molecular weight is 296 g/mol. The molecule has 0 aliphatic carbocycles. The maximum absolute atomic E-state index is 12.0. The maximum atomic E-state index is 12.0. The molecule has 2 rings (SSSR count). The van der Waals surface area contributed by atoms with Crippen molar-refractivity contribution in [1.82, 2.24) is 4.98 Å². The Labute approximate surface area is 122 Å². The monoisotopic (exact) mass is 295 g/mol. The second kappa shape index (κ2) is 5.70. The van der Waals surface area contributed by atoms with Gasteiger partial charge in [0.1, 0.15) is 0 Å². The fourth-order valence-electron chi connectivity index (χ4n) is 1.79. The highest BCUT2D eigenvalue weighted by Gasteiger charge is 2.26. The first-order chi connectivity index (χ1) is 9.38. The number of hydrogen-bond donors (Lipinski definition) is 1. The second-order valence-electron chi connectivity index (χ2n) is 4.88. The number of carbonyl (C=O) groups excluding carboxylic acids is 1. The van der Waals surface area contributed by atoms with Gasteiger partial charge >= 0.3 is 5.97 Å². The Morgan fingerprint density at radius 2 is 2.35 bits per heavy atom. The molecule has 0 saturated heterocycles. The van der Waals surface area contributed by atoms with E-state index in [1.54, 1.807) is 19.9 Å². The van der Waals surface area contributed by atoms with Crippen LogP contribution in [0.25, 0.3) is 0 Å². The number of oxime groups is 1. The highest BCUT2D eigenvalue weighted by Crippen LogP contribution is 2.31. The number of nitrogen functional groups attached to an aromatic ring is 1. The molecule has 1 aromatic rings. The molecule has 1 aliphatic rings. The van der Waals surface area contributed by atoms with E-state index in [-0.39, 0.29) is 28.6 Å². The molecule has 2 N–H and O–H groups in total. The summed E-state index contributed by atoms with van der Waals surface area (Å²) in [5, 5.41) is 3.95. The molecule has 106 valence electrons. The van der Waals surface area contributed by atoms with Gasteiger partial charge in [-0.25, -0.2) is 9.78 Å². The van der Waals surface area contributed by atoms with E-state index in [0.717, 1.165) is 5.61 Å². The minimum atomic E-state index is -0.603. The standard InChI is InChI=1S/C12H15BClN3O3/c1-5(2)19-12(18)11-10(14)6(15)3-7(16-11)8-4-9(13)17-20-8/h3,5,8H,4,13H2,1-2H3,(H2,15,16). The van der Waals surface area contributed by atoms with E-state index in [0.29, 0.717) is 12.1 Å². The molecule has 0 amide bonds. The van der Waals surface area contributed by atoms with Gasteiger partial charge in [0, 0.05) is 12.0 Å². The second-order valence-corrected chi connectivity index (χ2v) is 5.26. The normalized spacial score (nSPS) is 17.8. The van der Waals surface area contributed by atoms with Gasteiger partial charge in [0.2, 0.25) is 0 Å². The molecule has 0 spiro atoms. The fraction of sp³-hybridized carbons (Fsp3) is 0.417. The Kier molecular flexibility index (Phi) is 4.18. The van der Waals surface area contributed by atoms with E-state index < -0.39 is 5.97 Å². The summed E-state index contributed by atoms with van der Waals surface area (Å²) >= 11 is 6.02. The molecule has 8 heteroatoms.